The zero-order valence-corrected chi connectivity index (χ0v) is 16.3. The molecule has 140 valence electrons. The standard InChI is InChI=1S/C20H20N2O4S/c1-12-5-7-13(8-6-12)15-11-27-20(21-15)18(22-23)14-9-16(24-2)19(26-4)17(10-14)25-3/h5-11,23H,1-4H3/b22-18-. The number of methoxy groups -OCH3 is 3. The molecule has 0 saturated carbocycles. The third kappa shape index (κ3) is 3.73. The van der Waals surface area contributed by atoms with Crippen molar-refractivity contribution in [3.05, 3.63) is 57.9 Å². The molecule has 0 saturated heterocycles. The summed E-state index contributed by atoms with van der Waals surface area (Å²) in [5.74, 6) is 1.42. The minimum atomic E-state index is 0.331. The molecule has 0 amide bonds. The monoisotopic (exact) mass is 384 g/mol. The molecule has 0 bridgehead atoms. The molecule has 0 aliphatic heterocycles. The Labute approximate surface area is 161 Å². The number of benzene rings is 2. The van der Waals surface area contributed by atoms with Crippen molar-refractivity contribution in [2.75, 3.05) is 21.3 Å². The Kier molecular flexibility index (Phi) is 5.61. The summed E-state index contributed by atoms with van der Waals surface area (Å²) in [6, 6.07) is 11.6. The van der Waals surface area contributed by atoms with Crippen LogP contribution in [0.3, 0.4) is 0 Å². The Hall–Kier alpha value is -3.06. The van der Waals surface area contributed by atoms with Gasteiger partial charge in [-0.15, -0.1) is 11.3 Å². The molecule has 0 aliphatic rings. The molecule has 1 N–H and O–H groups in total. The number of nitrogens with zero attached hydrogens (tertiary/aromatic N) is 2. The quantitative estimate of drug-likeness (QED) is 0.388. The molecule has 6 nitrogen and oxygen atoms in total. The van der Waals surface area contributed by atoms with Crippen molar-refractivity contribution in [2.45, 2.75) is 6.92 Å². The summed E-state index contributed by atoms with van der Waals surface area (Å²) in [6.07, 6.45) is 0. The number of hydrogen-bond acceptors (Lipinski definition) is 7. The summed E-state index contributed by atoms with van der Waals surface area (Å²) in [5.41, 5.74) is 3.95. The maximum atomic E-state index is 9.64. The van der Waals surface area contributed by atoms with Crippen LogP contribution in [0.15, 0.2) is 46.9 Å². The van der Waals surface area contributed by atoms with Gasteiger partial charge in [-0.1, -0.05) is 35.0 Å². The minimum Gasteiger partial charge on any atom is -0.493 e. The fourth-order valence-electron chi connectivity index (χ4n) is 2.68. The summed E-state index contributed by atoms with van der Waals surface area (Å²) in [4.78, 5) is 4.63. The number of thiazole rings is 1. The van der Waals surface area contributed by atoms with Gasteiger partial charge in [-0.2, -0.15) is 0 Å². The zero-order chi connectivity index (χ0) is 19.4. The summed E-state index contributed by atoms with van der Waals surface area (Å²) in [6.45, 7) is 2.04. The van der Waals surface area contributed by atoms with E-state index < -0.39 is 0 Å². The number of aromatic nitrogens is 1. The molecule has 0 atom stereocenters. The number of hydrogen-bond donors (Lipinski definition) is 1. The molecule has 3 aromatic rings. The predicted molar refractivity (Wildman–Crippen MR) is 106 cm³/mol. The first-order valence-corrected chi connectivity index (χ1v) is 9.04. The zero-order valence-electron chi connectivity index (χ0n) is 15.5. The van der Waals surface area contributed by atoms with Gasteiger partial charge in [0.1, 0.15) is 10.7 Å². The van der Waals surface area contributed by atoms with Crippen LogP contribution in [0.4, 0.5) is 0 Å². The molecule has 0 unspecified atom stereocenters. The molecule has 0 aliphatic carbocycles. The second-order valence-corrected chi connectivity index (χ2v) is 6.62. The summed E-state index contributed by atoms with van der Waals surface area (Å²) < 4.78 is 16.1. The van der Waals surface area contributed by atoms with Gasteiger partial charge in [0.25, 0.3) is 0 Å². The van der Waals surface area contributed by atoms with Crippen LogP contribution in [-0.4, -0.2) is 37.2 Å². The van der Waals surface area contributed by atoms with Crippen LogP contribution >= 0.6 is 11.3 Å². The van der Waals surface area contributed by atoms with Crippen LogP contribution in [0, 0.1) is 6.92 Å². The highest BCUT2D eigenvalue weighted by Gasteiger charge is 2.19. The summed E-state index contributed by atoms with van der Waals surface area (Å²) in [5, 5.41) is 15.6. The smallest absolute Gasteiger partial charge is 0.203 e. The first-order valence-electron chi connectivity index (χ1n) is 8.16. The van der Waals surface area contributed by atoms with Gasteiger partial charge in [-0.05, 0) is 19.1 Å². The average Bonchev–Trinajstić information content (AvgIpc) is 3.18. The van der Waals surface area contributed by atoms with Gasteiger partial charge >= 0.3 is 0 Å². The third-order valence-corrected chi connectivity index (χ3v) is 4.94. The Morgan fingerprint density at radius 3 is 2.15 bits per heavy atom. The van der Waals surface area contributed by atoms with E-state index in [0.29, 0.717) is 33.5 Å². The van der Waals surface area contributed by atoms with Crippen molar-refractivity contribution in [2.24, 2.45) is 5.16 Å². The maximum absolute atomic E-state index is 9.64. The molecule has 0 spiro atoms. The molecule has 1 heterocycles. The topological polar surface area (TPSA) is 73.2 Å². The number of ether oxygens (including phenoxy) is 3. The highest BCUT2D eigenvalue weighted by molar-refractivity contribution is 7.12. The lowest BCUT2D eigenvalue weighted by Gasteiger charge is -2.14. The van der Waals surface area contributed by atoms with Crippen molar-refractivity contribution in [3.63, 3.8) is 0 Å². The van der Waals surface area contributed by atoms with E-state index in [2.05, 4.69) is 10.1 Å². The Balaban J connectivity index is 2.02. The van der Waals surface area contributed by atoms with E-state index in [9.17, 15) is 5.21 Å². The van der Waals surface area contributed by atoms with Gasteiger partial charge in [0.2, 0.25) is 5.75 Å². The lowest BCUT2D eigenvalue weighted by atomic mass is 10.1. The SMILES string of the molecule is COc1cc(/C(=N/O)c2nc(-c3ccc(C)cc3)cs2)cc(OC)c1OC. The molecular formula is C20H20N2O4S. The normalized spacial score (nSPS) is 11.3. The van der Waals surface area contributed by atoms with Gasteiger partial charge in [0, 0.05) is 16.5 Å². The van der Waals surface area contributed by atoms with Gasteiger partial charge in [0.05, 0.1) is 27.0 Å². The van der Waals surface area contributed by atoms with Crippen molar-refractivity contribution >= 4 is 17.0 Å². The van der Waals surface area contributed by atoms with E-state index in [4.69, 9.17) is 14.2 Å². The first-order chi connectivity index (χ1) is 13.1. The summed E-state index contributed by atoms with van der Waals surface area (Å²) in [7, 11) is 4.61. The van der Waals surface area contributed by atoms with Crippen LogP contribution in [0.5, 0.6) is 17.2 Å². The number of rotatable bonds is 6. The molecule has 27 heavy (non-hydrogen) atoms. The van der Waals surface area contributed by atoms with Crippen molar-refractivity contribution < 1.29 is 19.4 Å². The van der Waals surface area contributed by atoms with Crippen molar-refractivity contribution in [3.8, 4) is 28.5 Å². The molecule has 0 radical (unpaired) electrons. The molecule has 0 fully saturated rings. The lowest BCUT2D eigenvalue weighted by molar-refractivity contribution is 0.318. The van der Waals surface area contributed by atoms with Crippen LogP contribution in [0.2, 0.25) is 0 Å². The van der Waals surface area contributed by atoms with Gasteiger partial charge in [-0.25, -0.2) is 4.98 Å². The predicted octanol–water partition coefficient (Wildman–Crippen LogP) is 4.37. The fraction of sp³-hybridized carbons (Fsp3) is 0.200. The van der Waals surface area contributed by atoms with Crippen molar-refractivity contribution in [1.82, 2.24) is 4.98 Å². The van der Waals surface area contributed by atoms with Crippen LogP contribution in [0.1, 0.15) is 16.1 Å². The molecule has 2 aromatic carbocycles. The Morgan fingerprint density at radius 1 is 1.00 bits per heavy atom. The molecule has 7 heteroatoms. The van der Waals surface area contributed by atoms with Crippen LogP contribution in [0.25, 0.3) is 11.3 Å². The Morgan fingerprint density at radius 2 is 1.63 bits per heavy atom. The van der Waals surface area contributed by atoms with E-state index in [0.717, 1.165) is 11.3 Å². The summed E-state index contributed by atoms with van der Waals surface area (Å²) >= 11 is 1.40. The number of oxime groups is 1. The van der Waals surface area contributed by atoms with Crippen LogP contribution in [-0.2, 0) is 0 Å². The number of aryl methyl sites for hydroxylation is 1. The second-order valence-electron chi connectivity index (χ2n) is 5.77. The first kappa shape index (κ1) is 18.7. The molecular weight excluding hydrogens is 364 g/mol. The van der Waals surface area contributed by atoms with Gasteiger partial charge in [-0.3, -0.25) is 0 Å². The minimum absolute atomic E-state index is 0.331. The van der Waals surface area contributed by atoms with E-state index in [1.54, 1.807) is 12.1 Å². The highest BCUT2D eigenvalue weighted by Crippen LogP contribution is 2.39. The van der Waals surface area contributed by atoms with Gasteiger partial charge < -0.3 is 19.4 Å². The van der Waals surface area contributed by atoms with Crippen LogP contribution < -0.4 is 14.2 Å². The largest absolute Gasteiger partial charge is 0.493 e. The third-order valence-electron chi connectivity index (χ3n) is 4.09. The fourth-order valence-corrected chi connectivity index (χ4v) is 3.51. The van der Waals surface area contributed by atoms with Gasteiger partial charge in [0.15, 0.2) is 11.5 Å². The average molecular weight is 384 g/mol. The van der Waals surface area contributed by atoms with E-state index in [1.807, 2.05) is 36.6 Å². The lowest BCUT2D eigenvalue weighted by Crippen LogP contribution is -2.05. The van der Waals surface area contributed by atoms with E-state index in [-0.39, 0.29) is 0 Å². The molecule has 1 aromatic heterocycles. The van der Waals surface area contributed by atoms with Crippen molar-refractivity contribution in [1.29, 1.82) is 0 Å². The maximum Gasteiger partial charge on any atom is 0.203 e. The second kappa shape index (κ2) is 8.09. The Bertz CT molecular complexity index is 939. The molecule has 3 rings (SSSR count). The van der Waals surface area contributed by atoms with E-state index in [1.165, 1.54) is 38.2 Å². The highest BCUT2D eigenvalue weighted by atomic mass is 32.1. The van der Waals surface area contributed by atoms with E-state index >= 15 is 0 Å².